The number of aromatic nitrogens is 1. The molecule has 3 aromatic carbocycles. The van der Waals surface area contributed by atoms with E-state index in [-0.39, 0.29) is 18.6 Å². The topological polar surface area (TPSA) is 67.9 Å². The maximum atomic E-state index is 12.8. The third-order valence-corrected chi connectivity index (χ3v) is 8.56. The Labute approximate surface area is 255 Å². The van der Waals surface area contributed by atoms with E-state index < -0.39 is 5.76 Å². The predicted octanol–water partition coefficient (Wildman–Crippen LogP) is 7.47. The summed E-state index contributed by atoms with van der Waals surface area (Å²) in [6.45, 7) is 8.35. The van der Waals surface area contributed by atoms with Crippen LogP contribution < -0.4 is 10.7 Å². The molecule has 43 heavy (non-hydrogen) atoms. The van der Waals surface area contributed by atoms with Gasteiger partial charge in [-0.25, -0.2) is 9.36 Å². The number of anilines is 1. The summed E-state index contributed by atoms with van der Waals surface area (Å²) < 4.78 is 12.7. The van der Waals surface area contributed by atoms with E-state index in [1.54, 1.807) is 0 Å². The van der Waals surface area contributed by atoms with Crippen molar-refractivity contribution in [1.82, 2.24) is 9.47 Å². The summed E-state index contributed by atoms with van der Waals surface area (Å²) in [5, 5.41) is 0. The lowest BCUT2D eigenvalue weighted by molar-refractivity contribution is -0.152. The minimum atomic E-state index is -0.504. The summed E-state index contributed by atoms with van der Waals surface area (Å²) in [6, 6.07) is 25.0. The molecular formula is C36H45N3O4. The normalized spacial score (nSPS) is 14.7. The van der Waals surface area contributed by atoms with Crippen molar-refractivity contribution in [3.63, 3.8) is 0 Å². The Morgan fingerprint density at radius 2 is 1.58 bits per heavy atom. The van der Waals surface area contributed by atoms with Crippen molar-refractivity contribution in [2.45, 2.75) is 72.1 Å². The number of unbranched alkanes of at least 4 members (excludes halogenated alkanes) is 5. The zero-order valence-electron chi connectivity index (χ0n) is 25.7. The number of ether oxygens (including phenoxy) is 1. The first-order valence-corrected chi connectivity index (χ1v) is 15.9. The van der Waals surface area contributed by atoms with Crippen LogP contribution in [0.4, 0.5) is 5.69 Å². The summed E-state index contributed by atoms with van der Waals surface area (Å²) in [5.74, 6) is -0.958. The Kier molecular flexibility index (Phi) is 10.7. The molecule has 7 heteroatoms. The van der Waals surface area contributed by atoms with Gasteiger partial charge in [0.05, 0.1) is 17.1 Å². The first-order chi connectivity index (χ1) is 21.0. The van der Waals surface area contributed by atoms with Crippen LogP contribution in [-0.2, 0) is 22.8 Å². The molecule has 1 unspecified atom stereocenters. The van der Waals surface area contributed by atoms with Gasteiger partial charge in [0.25, 0.3) is 0 Å². The second-order valence-corrected chi connectivity index (χ2v) is 11.8. The van der Waals surface area contributed by atoms with Gasteiger partial charge in [0.1, 0.15) is 0 Å². The van der Waals surface area contributed by atoms with Crippen molar-refractivity contribution in [1.29, 1.82) is 0 Å². The Hall–Kier alpha value is -3.84. The van der Waals surface area contributed by atoms with Crippen molar-refractivity contribution >= 4 is 22.8 Å². The number of rotatable bonds is 14. The third kappa shape index (κ3) is 7.96. The average Bonchev–Trinajstić information content (AvgIpc) is 3.37. The first-order valence-electron chi connectivity index (χ1n) is 15.9. The average molecular weight is 584 g/mol. The summed E-state index contributed by atoms with van der Waals surface area (Å²) in [6.07, 6.45) is 7.94. The third-order valence-electron chi connectivity index (χ3n) is 8.56. The molecule has 0 saturated carbocycles. The van der Waals surface area contributed by atoms with Crippen LogP contribution in [0.5, 0.6) is 0 Å². The van der Waals surface area contributed by atoms with Crippen LogP contribution in [0.1, 0.15) is 64.4 Å². The summed E-state index contributed by atoms with van der Waals surface area (Å²) in [4.78, 5) is 30.2. The van der Waals surface area contributed by atoms with Crippen molar-refractivity contribution < 1.29 is 13.9 Å². The van der Waals surface area contributed by atoms with Gasteiger partial charge in [0.15, 0.2) is 12.3 Å². The molecule has 1 aromatic heterocycles. The fourth-order valence-electron chi connectivity index (χ4n) is 5.95. The SMILES string of the molecule is CCCCCCCCC(C)C(=O)OCn1c(=O)oc2c(N3CCN(Cc4cccc(-c5ccccc5)c4)CC3)cccc21. The quantitative estimate of drug-likeness (QED) is 0.113. The van der Waals surface area contributed by atoms with Gasteiger partial charge in [-0.15, -0.1) is 0 Å². The minimum absolute atomic E-state index is 0.134. The molecule has 1 fully saturated rings. The van der Waals surface area contributed by atoms with Crippen LogP contribution in [0, 0.1) is 5.92 Å². The molecule has 228 valence electrons. The highest BCUT2D eigenvalue weighted by atomic mass is 16.5. The Bertz CT molecular complexity index is 1520. The fourth-order valence-corrected chi connectivity index (χ4v) is 5.95. The zero-order chi connectivity index (χ0) is 30.0. The number of para-hydroxylation sites is 1. The van der Waals surface area contributed by atoms with E-state index in [9.17, 15) is 9.59 Å². The second-order valence-electron chi connectivity index (χ2n) is 11.8. The van der Waals surface area contributed by atoms with E-state index in [0.29, 0.717) is 11.1 Å². The molecule has 1 atom stereocenters. The smallest absolute Gasteiger partial charge is 0.422 e. The Balaban J connectivity index is 1.16. The van der Waals surface area contributed by atoms with Crippen LogP contribution in [0.25, 0.3) is 22.2 Å². The maximum absolute atomic E-state index is 12.8. The zero-order valence-corrected chi connectivity index (χ0v) is 25.7. The first kappa shape index (κ1) is 30.6. The molecule has 4 aromatic rings. The van der Waals surface area contributed by atoms with Gasteiger partial charge in [-0.2, -0.15) is 0 Å². The second kappa shape index (κ2) is 15.1. The highest BCUT2D eigenvalue weighted by Crippen LogP contribution is 2.28. The number of nitrogens with zero attached hydrogens (tertiary/aromatic N) is 3. The highest BCUT2D eigenvalue weighted by molar-refractivity contribution is 5.87. The standard InChI is InChI=1S/C36H45N3O4/c1-3-4-5-6-7-9-14-28(2)35(40)42-27-39-33-20-13-19-32(34(33)43-36(39)41)38-23-21-37(22-24-38)26-29-15-12-18-31(25-29)30-16-10-8-11-17-30/h8,10-13,15-20,25,28H,3-7,9,14,21-24,26-27H2,1-2H3. The van der Waals surface area contributed by atoms with Gasteiger partial charge < -0.3 is 14.1 Å². The lowest BCUT2D eigenvalue weighted by atomic mass is 10.0. The monoisotopic (exact) mass is 583 g/mol. The number of hydrogen-bond acceptors (Lipinski definition) is 6. The highest BCUT2D eigenvalue weighted by Gasteiger charge is 2.23. The molecule has 1 aliphatic heterocycles. The summed E-state index contributed by atoms with van der Waals surface area (Å²) in [5.41, 5.74) is 5.87. The fraction of sp³-hybridized carbons (Fsp3) is 0.444. The molecule has 0 spiro atoms. The van der Waals surface area contributed by atoms with Crippen LogP contribution in [0.2, 0.25) is 0 Å². The van der Waals surface area contributed by atoms with Crippen molar-refractivity contribution in [3.05, 3.63) is 88.9 Å². The number of fused-ring (bicyclic) bond motifs is 1. The van der Waals surface area contributed by atoms with Crippen molar-refractivity contribution in [2.75, 3.05) is 31.1 Å². The van der Waals surface area contributed by atoms with E-state index in [1.165, 1.54) is 46.9 Å². The van der Waals surface area contributed by atoms with Gasteiger partial charge in [-0.1, -0.05) is 107 Å². The summed E-state index contributed by atoms with van der Waals surface area (Å²) >= 11 is 0. The molecule has 1 saturated heterocycles. The van der Waals surface area contributed by atoms with Crippen LogP contribution >= 0.6 is 0 Å². The van der Waals surface area contributed by atoms with Gasteiger partial charge in [-0.3, -0.25) is 9.69 Å². The number of esters is 1. The molecular weight excluding hydrogens is 538 g/mol. The molecule has 0 bridgehead atoms. The molecule has 2 heterocycles. The number of hydrogen-bond donors (Lipinski definition) is 0. The van der Waals surface area contributed by atoms with Gasteiger partial charge in [0, 0.05) is 32.7 Å². The van der Waals surface area contributed by atoms with E-state index in [1.807, 2.05) is 31.2 Å². The van der Waals surface area contributed by atoms with E-state index in [2.05, 4.69) is 65.3 Å². The van der Waals surface area contributed by atoms with Gasteiger partial charge in [0.2, 0.25) is 0 Å². The number of benzene rings is 3. The Morgan fingerprint density at radius 3 is 2.37 bits per heavy atom. The number of oxazole rings is 1. The number of piperazine rings is 1. The molecule has 0 radical (unpaired) electrons. The maximum Gasteiger partial charge on any atom is 0.422 e. The van der Waals surface area contributed by atoms with E-state index in [4.69, 9.17) is 9.15 Å². The molecule has 0 aliphatic carbocycles. The van der Waals surface area contributed by atoms with E-state index in [0.717, 1.165) is 57.7 Å². The lowest BCUT2D eigenvalue weighted by Crippen LogP contribution is -2.46. The van der Waals surface area contributed by atoms with Gasteiger partial charge >= 0.3 is 11.7 Å². The Morgan fingerprint density at radius 1 is 0.860 bits per heavy atom. The molecule has 7 nitrogen and oxygen atoms in total. The van der Waals surface area contributed by atoms with Crippen molar-refractivity contribution in [3.8, 4) is 11.1 Å². The van der Waals surface area contributed by atoms with Gasteiger partial charge in [-0.05, 0) is 41.3 Å². The largest absolute Gasteiger partial charge is 0.443 e. The van der Waals surface area contributed by atoms with E-state index >= 15 is 0 Å². The predicted molar refractivity (Wildman–Crippen MR) is 173 cm³/mol. The molecule has 1 aliphatic rings. The number of carbonyl (C=O) groups is 1. The summed E-state index contributed by atoms with van der Waals surface area (Å²) in [7, 11) is 0. The number of carbonyl (C=O) groups excluding carboxylic acids is 1. The molecule has 0 N–H and O–H groups in total. The lowest BCUT2D eigenvalue weighted by Gasteiger charge is -2.36. The molecule has 5 rings (SSSR count). The van der Waals surface area contributed by atoms with Crippen molar-refractivity contribution in [2.24, 2.45) is 5.92 Å². The molecule has 0 amide bonds. The van der Waals surface area contributed by atoms with Crippen LogP contribution in [0.15, 0.2) is 82.0 Å². The minimum Gasteiger partial charge on any atom is -0.443 e. The van der Waals surface area contributed by atoms with Crippen LogP contribution in [0.3, 0.4) is 0 Å². The van der Waals surface area contributed by atoms with Crippen LogP contribution in [-0.4, -0.2) is 41.6 Å².